The summed E-state index contributed by atoms with van der Waals surface area (Å²) in [7, 11) is 0. The third kappa shape index (κ3) is 5.48. The molecule has 1 aliphatic heterocycles. The van der Waals surface area contributed by atoms with E-state index in [2.05, 4.69) is 40.2 Å². The van der Waals surface area contributed by atoms with Gasteiger partial charge in [0, 0.05) is 0 Å². The summed E-state index contributed by atoms with van der Waals surface area (Å²) in [4.78, 5) is 32.8. The van der Waals surface area contributed by atoms with Gasteiger partial charge in [-0.3, -0.25) is 9.36 Å². The summed E-state index contributed by atoms with van der Waals surface area (Å²) in [5, 5.41) is 4.32. The number of carbonyl (C=O) groups is 1. The molecule has 0 saturated heterocycles. The van der Waals surface area contributed by atoms with E-state index < -0.39 is 12.0 Å². The minimum Gasteiger partial charge on any atom is -0.488 e. The van der Waals surface area contributed by atoms with Crippen LogP contribution in [0.1, 0.15) is 36.6 Å². The number of benzene rings is 5. The molecule has 0 aliphatic carbocycles. The van der Waals surface area contributed by atoms with Gasteiger partial charge in [-0.25, -0.2) is 9.79 Å². The average molecular weight is 690 g/mol. The number of fused-ring (bicyclic) bond motifs is 3. The van der Waals surface area contributed by atoms with Crippen molar-refractivity contribution < 1.29 is 14.3 Å². The van der Waals surface area contributed by atoms with E-state index in [4.69, 9.17) is 14.5 Å². The number of thiazole rings is 1. The molecule has 0 unspecified atom stereocenters. The van der Waals surface area contributed by atoms with E-state index in [0.29, 0.717) is 33.0 Å². The Labute approximate surface area is 277 Å². The molecule has 46 heavy (non-hydrogen) atoms. The smallest absolute Gasteiger partial charge is 0.338 e. The summed E-state index contributed by atoms with van der Waals surface area (Å²) in [5.74, 6) is 0.233. The fourth-order valence-corrected chi connectivity index (χ4v) is 7.58. The Morgan fingerprint density at radius 2 is 1.63 bits per heavy atom. The highest BCUT2D eigenvalue weighted by atomic mass is 79.9. The van der Waals surface area contributed by atoms with Crippen LogP contribution in [0.3, 0.4) is 0 Å². The van der Waals surface area contributed by atoms with E-state index in [-0.39, 0.29) is 12.2 Å². The number of esters is 1. The van der Waals surface area contributed by atoms with Crippen LogP contribution in [0.25, 0.3) is 27.6 Å². The number of nitrogens with zero attached hydrogens (tertiary/aromatic N) is 2. The lowest BCUT2D eigenvalue weighted by molar-refractivity contribution is -0.139. The molecular formula is C38H29BrN2O4S. The monoisotopic (exact) mass is 688 g/mol. The number of hydrogen-bond acceptors (Lipinski definition) is 6. The minimum absolute atomic E-state index is 0.219. The Hall–Kier alpha value is -4.79. The van der Waals surface area contributed by atoms with Crippen LogP contribution in [-0.2, 0) is 16.1 Å². The van der Waals surface area contributed by atoms with Crippen LogP contribution in [-0.4, -0.2) is 17.1 Å². The van der Waals surface area contributed by atoms with Crippen molar-refractivity contribution in [2.45, 2.75) is 26.5 Å². The molecule has 2 heterocycles. The number of aromatic nitrogens is 1. The van der Waals surface area contributed by atoms with Crippen LogP contribution in [0.15, 0.2) is 129 Å². The standard InChI is InChI=1S/C38H29BrN2O4S/c1-3-44-37(43)34-23(2)40-38-41(35(34)30-17-9-13-26-11-5-7-16-29(26)30)36(42)33(46-38)21-24-18-19-32(31(39)20-24)45-22-27-14-8-12-25-10-4-6-15-28(25)27/h4-21,35H,3,22H2,1-2H3/b33-21+/t35-/m0/s1. The average Bonchev–Trinajstić information content (AvgIpc) is 3.37. The molecule has 1 aliphatic rings. The normalized spacial score (nSPS) is 14.8. The summed E-state index contributed by atoms with van der Waals surface area (Å²) in [6.07, 6.45) is 1.85. The molecule has 0 fully saturated rings. The molecule has 7 rings (SSSR count). The van der Waals surface area contributed by atoms with Gasteiger partial charge in [0.05, 0.1) is 32.9 Å². The first kappa shape index (κ1) is 29.9. The van der Waals surface area contributed by atoms with Gasteiger partial charge < -0.3 is 9.47 Å². The Morgan fingerprint density at radius 1 is 0.935 bits per heavy atom. The highest BCUT2D eigenvalue weighted by Crippen LogP contribution is 2.35. The summed E-state index contributed by atoms with van der Waals surface area (Å²) >= 11 is 4.97. The highest BCUT2D eigenvalue weighted by Gasteiger charge is 2.34. The van der Waals surface area contributed by atoms with Gasteiger partial charge in [-0.1, -0.05) is 102 Å². The quantitative estimate of drug-likeness (QED) is 0.164. The van der Waals surface area contributed by atoms with Crippen molar-refractivity contribution in [3.63, 3.8) is 0 Å². The maximum atomic E-state index is 14.2. The zero-order chi connectivity index (χ0) is 31.8. The van der Waals surface area contributed by atoms with Gasteiger partial charge in [-0.05, 0) is 86.2 Å². The van der Waals surface area contributed by atoms with Gasteiger partial charge >= 0.3 is 5.97 Å². The molecule has 0 radical (unpaired) electrons. The second-order valence-corrected chi connectivity index (χ2v) is 12.9. The fraction of sp³-hybridized carbons (Fsp3) is 0.132. The first-order valence-corrected chi connectivity index (χ1v) is 16.6. The maximum absolute atomic E-state index is 14.2. The Bertz CT molecular complexity index is 2360. The molecule has 1 atom stereocenters. The Balaban J connectivity index is 1.27. The first-order valence-electron chi connectivity index (χ1n) is 15.0. The van der Waals surface area contributed by atoms with Crippen LogP contribution in [0.5, 0.6) is 5.75 Å². The van der Waals surface area contributed by atoms with Crippen molar-refractivity contribution in [3.8, 4) is 5.75 Å². The largest absolute Gasteiger partial charge is 0.488 e. The van der Waals surface area contributed by atoms with Crippen LogP contribution < -0.4 is 19.6 Å². The molecule has 6 aromatic rings. The van der Waals surface area contributed by atoms with Crippen molar-refractivity contribution in [1.82, 2.24) is 4.57 Å². The Kier molecular flexibility index (Phi) is 8.15. The molecule has 0 saturated carbocycles. The van der Waals surface area contributed by atoms with E-state index in [1.165, 1.54) is 16.7 Å². The zero-order valence-corrected chi connectivity index (χ0v) is 27.6. The number of hydrogen-bond donors (Lipinski definition) is 0. The number of rotatable bonds is 7. The third-order valence-corrected chi connectivity index (χ3v) is 9.75. The lowest BCUT2D eigenvalue weighted by atomic mass is 9.91. The van der Waals surface area contributed by atoms with E-state index in [1.54, 1.807) is 18.4 Å². The summed E-state index contributed by atoms with van der Waals surface area (Å²) < 4.78 is 14.6. The van der Waals surface area contributed by atoms with Gasteiger partial charge in [0.25, 0.3) is 5.56 Å². The second-order valence-electron chi connectivity index (χ2n) is 11.0. The van der Waals surface area contributed by atoms with Crippen LogP contribution in [0.2, 0.25) is 0 Å². The minimum atomic E-state index is -0.680. The topological polar surface area (TPSA) is 69.9 Å². The number of carbonyl (C=O) groups excluding carboxylic acids is 1. The van der Waals surface area contributed by atoms with Gasteiger partial charge in [-0.15, -0.1) is 0 Å². The molecular weight excluding hydrogens is 660 g/mol. The van der Waals surface area contributed by atoms with E-state index in [0.717, 1.165) is 37.3 Å². The molecule has 0 N–H and O–H groups in total. The summed E-state index contributed by atoms with van der Waals surface area (Å²) in [5.41, 5.74) is 3.47. The van der Waals surface area contributed by atoms with Gasteiger partial charge in [0.2, 0.25) is 0 Å². The zero-order valence-electron chi connectivity index (χ0n) is 25.2. The van der Waals surface area contributed by atoms with Crippen molar-refractivity contribution in [1.29, 1.82) is 0 Å². The predicted molar refractivity (Wildman–Crippen MR) is 187 cm³/mol. The Morgan fingerprint density at radius 3 is 2.39 bits per heavy atom. The van der Waals surface area contributed by atoms with Crippen LogP contribution >= 0.6 is 27.3 Å². The number of ether oxygens (including phenoxy) is 2. The van der Waals surface area contributed by atoms with Crippen LogP contribution in [0.4, 0.5) is 0 Å². The molecule has 8 heteroatoms. The van der Waals surface area contributed by atoms with Crippen molar-refractivity contribution in [3.05, 3.63) is 155 Å². The molecule has 0 spiro atoms. The van der Waals surface area contributed by atoms with Gasteiger partial charge in [-0.2, -0.15) is 0 Å². The lowest BCUT2D eigenvalue weighted by Crippen LogP contribution is -2.40. The highest BCUT2D eigenvalue weighted by molar-refractivity contribution is 9.10. The molecule has 1 aromatic heterocycles. The van der Waals surface area contributed by atoms with Gasteiger partial charge in [0.15, 0.2) is 4.80 Å². The predicted octanol–water partition coefficient (Wildman–Crippen LogP) is 7.45. The van der Waals surface area contributed by atoms with Crippen molar-refractivity contribution in [2.24, 2.45) is 4.99 Å². The molecule has 6 nitrogen and oxygen atoms in total. The van der Waals surface area contributed by atoms with E-state index in [9.17, 15) is 9.59 Å². The van der Waals surface area contributed by atoms with E-state index >= 15 is 0 Å². The van der Waals surface area contributed by atoms with Crippen LogP contribution in [0, 0.1) is 0 Å². The van der Waals surface area contributed by atoms with Gasteiger partial charge in [0.1, 0.15) is 12.4 Å². The molecule has 0 bridgehead atoms. The molecule has 5 aromatic carbocycles. The summed E-state index contributed by atoms with van der Waals surface area (Å²) in [6.45, 7) is 4.22. The third-order valence-electron chi connectivity index (χ3n) is 8.15. The van der Waals surface area contributed by atoms with Crippen molar-refractivity contribution in [2.75, 3.05) is 6.61 Å². The number of halogens is 1. The van der Waals surface area contributed by atoms with E-state index in [1.807, 2.05) is 84.9 Å². The maximum Gasteiger partial charge on any atom is 0.338 e. The fourth-order valence-electron chi connectivity index (χ4n) is 6.02. The number of allylic oxidation sites excluding steroid dienone is 1. The second kappa shape index (κ2) is 12.5. The lowest BCUT2D eigenvalue weighted by Gasteiger charge is -2.25. The molecule has 228 valence electrons. The summed E-state index contributed by atoms with van der Waals surface area (Å²) in [6, 6.07) is 33.5. The SMILES string of the molecule is CCOC(=O)C1=C(C)N=c2s/c(=C/c3ccc(OCc4cccc5ccccc45)c(Br)c3)c(=O)n2[C@H]1c1cccc2ccccc12. The molecule has 0 amide bonds. The van der Waals surface area contributed by atoms with Crippen molar-refractivity contribution >= 4 is 60.9 Å². The first-order chi connectivity index (χ1) is 22.4.